The Labute approximate surface area is 93.1 Å². The van der Waals surface area contributed by atoms with Crippen LogP contribution in [0.4, 0.5) is 0 Å². The molecule has 0 aliphatic carbocycles. The molecular weight excluding hydrogens is 188 g/mol. The normalized spacial score (nSPS) is 14.1. The number of hydrogen-bond donors (Lipinski definition) is 0. The van der Waals surface area contributed by atoms with Crippen LogP contribution in [0.25, 0.3) is 0 Å². The molecule has 1 aromatic rings. The van der Waals surface area contributed by atoms with Crippen molar-refractivity contribution in [2.45, 2.75) is 44.8 Å². The lowest BCUT2D eigenvalue weighted by molar-refractivity contribution is 0.729. The highest BCUT2D eigenvalue weighted by Crippen LogP contribution is 2.24. The molecule has 0 heterocycles. The van der Waals surface area contributed by atoms with Gasteiger partial charge in [0.25, 0.3) is 0 Å². The van der Waals surface area contributed by atoms with Crippen LogP contribution >= 0.6 is 0 Å². The van der Waals surface area contributed by atoms with Crippen LogP contribution in [0.3, 0.4) is 0 Å². The average Bonchev–Trinajstić information content (AvgIpc) is 2.15. The fraction of sp³-hybridized carbons (Fsp3) is 0.538. The fourth-order valence-corrected chi connectivity index (χ4v) is 1.63. The summed E-state index contributed by atoms with van der Waals surface area (Å²) in [7, 11) is 0. The number of benzene rings is 1. The molecule has 0 fully saturated rings. The second kappa shape index (κ2) is 4.39. The summed E-state index contributed by atoms with van der Waals surface area (Å²) >= 11 is 3.72. The summed E-state index contributed by atoms with van der Waals surface area (Å²) in [5, 5.41) is 0. The monoisotopic (exact) mass is 209 g/mol. The Morgan fingerprint density at radius 3 is 2.07 bits per heavy atom. The Kier molecular flexibility index (Phi) is 3.65. The molecule has 0 aliphatic heterocycles. The van der Waals surface area contributed by atoms with E-state index in [2.05, 4.69) is 64.6 Å². The summed E-state index contributed by atoms with van der Waals surface area (Å²) in [5.41, 5.74) is 2.77. The van der Waals surface area contributed by atoms with Gasteiger partial charge in [-0.3, -0.25) is 0 Å². The van der Waals surface area contributed by atoms with Crippen LogP contribution < -0.4 is 0 Å². The van der Waals surface area contributed by atoms with Gasteiger partial charge in [0.1, 0.15) is 4.75 Å². The second-order valence-corrected chi connectivity index (χ2v) is 5.81. The van der Waals surface area contributed by atoms with E-state index in [1.54, 1.807) is 0 Å². The highest BCUT2D eigenvalue weighted by atomic mass is 32.1. The minimum atomic E-state index is 0.0774. The SMILES string of the molecule is CCC(C)c1ccc(C(C)(C)[SH2+])cc1. The van der Waals surface area contributed by atoms with E-state index in [-0.39, 0.29) is 4.75 Å². The van der Waals surface area contributed by atoms with Crippen LogP contribution in [-0.4, -0.2) is 0 Å². The van der Waals surface area contributed by atoms with Crippen LogP contribution in [0.15, 0.2) is 24.3 Å². The van der Waals surface area contributed by atoms with Crippen LogP contribution in [0.2, 0.25) is 0 Å². The van der Waals surface area contributed by atoms with Gasteiger partial charge in [0, 0.05) is 5.56 Å². The van der Waals surface area contributed by atoms with E-state index in [1.165, 1.54) is 17.5 Å². The van der Waals surface area contributed by atoms with Gasteiger partial charge >= 0.3 is 0 Å². The molecule has 0 bridgehead atoms. The van der Waals surface area contributed by atoms with Crippen molar-refractivity contribution in [3.05, 3.63) is 35.4 Å². The smallest absolute Gasteiger partial charge is 0.0648 e. The first-order valence-electron chi connectivity index (χ1n) is 5.30. The molecule has 1 rings (SSSR count). The third-order valence-electron chi connectivity index (χ3n) is 2.81. The lowest BCUT2D eigenvalue weighted by atomic mass is 9.94. The molecule has 1 atom stereocenters. The Bertz CT molecular complexity index is 279. The van der Waals surface area contributed by atoms with Gasteiger partial charge in [-0.1, -0.05) is 38.1 Å². The Hall–Kier alpha value is -0.430. The predicted molar refractivity (Wildman–Crippen MR) is 68.3 cm³/mol. The number of rotatable bonds is 3. The van der Waals surface area contributed by atoms with Gasteiger partial charge < -0.3 is 0 Å². The molecule has 78 valence electrons. The van der Waals surface area contributed by atoms with Gasteiger partial charge in [0.2, 0.25) is 0 Å². The fourth-order valence-electron chi connectivity index (χ4n) is 1.46. The van der Waals surface area contributed by atoms with E-state index >= 15 is 0 Å². The van der Waals surface area contributed by atoms with Gasteiger partial charge in [0.15, 0.2) is 0 Å². The van der Waals surface area contributed by atoms with Gasteiger partial charge in [-0.25, -0.2) is 0 Å². The van der Waals surface area contributed by atoms with Crippen molar-refractivity contribution in [1.29, 1.82) is 0 Å². The molecule has 0 aromatic heterocycles. The Balaban J connectivity index is 2.89. The highest BCUT2D eigenvalue weighted by Gasteiger charge is 2.20. The molecule has 0 saturated carbocycles. The molecule has 1 heteroatoms. The molecule has 0 nitrogen and oxygen atoms in total. The van der Waals surface area contributed by atoms with E-state index in [9.17, 15) is 0 Å². The van der Waals surface area contributed by atoms with Crippen LogP contribution in [-0.2, 0) is 17.4 Å². The van der Waals surface area contributed by atoms with E-state index in [4.69, 9.17) is 0 Å². The first-order chi connectivity index (χ1) is 6.45. The van der Waals surface area contributed by atoms with E-state index in [0.29, 0.717) is 5.92 Å². The quantitative estimate of drug-likeness (QED) is 0.669. The Morgan fingerprint density at radius 2 is 1.71 bits per heavy atom. The molecule has 1 aromatic carbocycles. The summed E-state index contributed by atoms with van der Waals surface area (Å²) in [5.74, 6) is 0.668. The second-order valence-electron chi connectivity index (χ2n) is 4.56. The third-order valence-corrected chi connectivity index (χ3v) is 3.10. The summed E-state index contributed by atoms with van der Waals surface area (Å²) in [6.45, 7) is 8.84. The topological polar surface area (TPSA) is 0 Å². The van der Waals surface area contributed by atoms with Crippen molar-refractivity contribution in [3.8, 4) is 0 Å². The molecule has 14 heavy (non-hydrogen) atoms. The lowest BCUT2D eigenvalue weighted by Crippen LogP contribution is -2.12. The van der Waals surface area contributed by atoms with Gasteiger partial charge in [0.05, 0.1) is 0 Å². The lowest BCUT2D eigenvalue weighted by Gasteiger charge is -2.14. The van der Waals surface area contributed by atoms with E-state index < -0.39 is 0 Å². The van der Waals surface area contributed by atoms with Crippen molar-refractivity contribution < 1.29 is 0 Å². The zero-order valence-corrected chi connectivity index (χ0v) is 10.6. The summed E-state index contributed by atoms with van der Waals surface area (Å²) in [6.07, 6.45) is 1.20. The minimum Gasteiger partial charge on any atom is -0.0648 e. The first-order valence-corrected chi connectivity index (χ1v) is 5.80. The van der Waals surface area contributed by atoms with Crippen LogP contribution in [0.5, 0.6) is 0 Å². The van der Waals surface area contributed by atoms with Crippen LogP contribution in [0, 0.1) is 0 Å². The van der Waals surface area contributed by atoms with Crippen molar-refractivity contribution in [3.63, 3.8) is 0 Å². The van der Waals surface area contributed by atoms with Crippen molar-refractivity contribution >= 4 is 12.6 Å². The zero-order valence-electron chi connectivity index (χ0n) is 9.59. The molecule has 1 unspecified atom stereocenters. The van der Waals surface area contributed by atoms with Crippen molar-refractivity contribution in [2.75, 3.05) is 0 Å². The molecule has 0 saturated heterocycles. The minimum absolute atomic E-state index is 0.0774. The predicted octanol–water partition coefficient (Wildman–Crippen LogP) is 3.45. The molecule has 0 N–H and O–H groups in total. The number of hydrogen-bond acceptors (Lipinski definition) is 0. The van der Waals surface area contributed by atoms with Crippen molar-refractivity contribution in [1.82, 2.24) is 0 Å². The molecule has 0 amide bonds. The van der Waals surface area contributed by atoms with Crippen LogP contribution in [0.1, 0.15) is 51.2 Å². The van der Waals surface area contributed by atoms with Gasteiger partial charge in [-0.15, -0.1) is 0 Å². The maximum Gasteiger partial charge on any atom is 0.143 e. The highest BCUT2D eigenvalue weighted by molar-refractivity contribution is 7.59. The molecular formula is C13H21S+. The maximum atomic E-state index is 3.72. The molecule has 0 spiro atoms. The van der Waals surface area contributed by atoms with Gasteiger partial charge in [-0.2, -0.15) is 0 Å². The molecule has 0 aliphatic rings. The Morgan fingerprint density at radius 1 is 1.21 bits per heavy atom. The average molecular weight is 209 g/mol. The third kappa shape index (κ3) is 2.78. The zero-order chi connectivity index (χ0) is 10.8. The summed E-state index contributed by atoms with van der Waals surface area (Å²) in [6, 6.07) is 8.92. The standard InChI is InChI=1S/C13H20S/c1-5-10(2)11-6-8-12(9-7-11)13(3,4)14/h6-10,14H,5H2,1-4H3/p+1. The van der Waals surface area contributed by atoms with E-state index in [0.717, 1.165) is 0 Å². The maximum absolute atomic E-state index is 3.72. The molecule has 0 radical (unpaired) electrons. The summed E-state index contributed by atoms with van der Waals surface area (Å²) < 4.78 is 0.0774. The summed E-state index contributed by atoms with van der Waals surface area (Å²) in [4.78, 5) is 0. The van der Waals surface area contributed by atoms with E-state index in [1.807, 2.05) is 0 Å². The van der Waals surface area contributed by atoms with Gasteiger partial charge in [-0.05, 0) is 44.4 Å². The largest absolute Gasteiger partial charge is 0.143 e. The van der Waals surface area contributed by atoms with Crippen molar-refractivity contribution in [2.24, 2.45) is 0 Å². The first kappa shape index (κ1) is 11.6.